The molecule has 1 atom stereocenters. The number of pyridine rings is 1. The number of anilines is 1. The molecule has 2 aliphatic rings. The van der Waals surface area contributed by atoms with Gasteiger partial charge in [-0.3, -0.25) is 4.79 Å². The minimum absolute atomic E-state index is 0.0285. The number of nitrogens with one attached hydrogen (secondary N) is 3. The van der Waals surface area contributed by atoms with Crippen molar-refractivity contribution in [2.45, 2.75) is 31.9 Å². The molecule has 1 unspecified atom stereocenters. The van der Waals surface area contributed by atoms with Gasteiger partial charge in [-0.25, -0.2) is 14.6 Å². The van der Waals surface area contributed by atoms with Crippen LogP contribution in [0.5, 0.6) is 0 Å². The first-order chi connectivity index (χ1) is 17.0. The van der Waals surface area contributed by atoms with Gasteiger partial charge >= 0.3 is 12.1 Å². The van der Waals surface area contributed by atoms with Crippen LogP contribution in [0.4, 0.5) is 10.6 Å². The molecule has 1 aromatic heterocycles. The van der Waals surface area contributed by atoms with Gasteiger partial charge in [0.2, 0.25) is 5.91 Å². The zero-order valence-electron chi connectivity index (χ0n) is 19.5. The lowest BCUT2D eigenvalue weighted by molar-refractivity contribution is -0.139. The van der Waals surface area contributed by atoms with Gasteiger partial charge in [-0.1, -0.05) is 36.4 Å². The van der Waals surface area contributed by atoms with Crippen molar-refractivity contribution in [3.63, 3.8) is 0 Å². The zero-order valence-corrected chi connectivity index (χ0v) is 19.5. The molecule has 10 heteroatoms. The minimum atomic E-state index is -1.28. The van der Waals surface area contributed by atoms with Gasteiger partial charge in [-0.2, -0.15) is 0 Å². The van der Waals surface area contributed by atoms with Crippen molar-refractivity contribution in [3.05, 3.63) is 59.3 Å². The number of hydrogen-bond donors (Lipinski definition) is 4. The Balaban J connectivity index is 1.14. The van der Waals surface area contributed by atoms with E-state index in [0.29, 0.717) is 13.1 Å². The topological polar surface area (TPSA) is 133 Å². The van der Waals surface area contributed by atoms with E-state index in [0.717, 1.165) is 49.4 Å². The van der Waals surface area contributed by atoms with Gasteiger partial charge in [0, 0.05) is 44.8 Å². The van der Waals surface area contributed by atoms with E-state index in [4.69, 9.17) is 9.72 Å². The zero-order chi connectivity index (χ0) is 24.6. The highest BCUT2D eigenvalue weighted by molar-refractivity contribution is 5.83. The summed E-state index contributed by atoms with van der Waals surface area (Å²) in [6.07, 6.45) is 2.15. The predicted molar refractivity (Wildman–Crippen MR) is 129 cm³/mol. The van der Waals surface area contributed by atoms with Crippen LogP contribution in [-0.4, -0.2) is 71.7 Å². The maximum Gasteiger partial charge on any atom is 0.408 e. The number of aryl methyl sites for hydroxylation is 1. The van der Waals surface area contributed by atoms with Crippen molar-refractivity contribution in [1.82, 2.24) is 20.5 Å². The second-order valence-electron chi connectivity index (χ2n) is 8.89. The smallest absolute Gasteiger partial charge is 0.408 e. The number of alkyl carbamates (subject to hydrolysis) is 1. The molecule has 1 saturated heterocycles. The number of carbonyl (C=O) groups excluding carboxylic acids is 2. The van der Waals surface area contributed by atoms with E-state index in [-0.39, 0.29) is 25.0 Å². The van der Waals surface area contributed by atoms with E-state index >= 15 is 0 Å². The molecule has 3 heterocycles. The molecule has 0 radical (unpaired) electrons. The Kier molecular flexibility index (Phi) is 8.15. The number of benzene rings is 1. The standard InChI is InChI=1S/C25H31N5O5/c31-23(27-13-21(24(32)33)29-25(34)35-16-17-5-2-1-3-6-17)19-14-30(15-19)12-10-20-9-8-18-7-4-11-26-22(18)28-20/h1-3,5-6,8-9,19,21H,4,7,10-16H2,(H,26,28)(H,27,31)(H,29,34)(H,32,33). The predicted octanol–water partition coefficient (Wildman–Crippen LogP) is 1.41. The fourth-order valence-corrected chi connectivity index (χ4v) is 4.15. The van der Waals surface area contributed by atoms with Crippen LogP contribution >= 0.6 is 0 Å². The number of rotatable bonds is 10. The maximum absolute atomic E-state index is 12.4. The number of carboxylic acids is 1. The average molecular weight is 482 g/mol. The summed E-state index contributed by atoms with van der Waals surface area (Å²) in [6.45, 7) is 2.80. The van der Waals surface area contributed by atoms with Crippen LogP contribution in [0.25, 0.3) is 0 Å². The Labute approximate surface area is 204 Å². The first kappa shape index (κ1) is 24.5. The molecule has 0 spiro atoms. The summed E-state index contributed by atoms with van der Waals surface area (Å²) < 4.78 is 5.06. The lowest BCUT2D eigenvalue weighted by Gasteiger charge is -2.38. The van der Waals surface area contributed by atoms with Crippen molar-refractivity contribution < 1.29 is 24.2 Å². The molecule has 0 bridgehead atoms. The lowest BCUT2D eigenvalue weighted by atomic mass is 9.98. The van der Waals surface area contributed by atoms with Crippen molar-refractivity contribution >= 4 is 23.8 Å². The average Bonchev–Trinajstić information content (AvgIpc) is 2.84. The van der Waals surface area contributed by atoms with E-state index < -0.39 is 18.1 Å². The van der Waals surface area contributed by atoms with Gasteiger partial charge < -0.3 is 30.7 Å². The summed E-state index contributed by atoms with van der Waals surface area (Å²) in [6, 6.07) is 12.0. The van der Waals surface area contributed by atoms with Crippen LogP contribution < -0.4 is 16.0 Å². The second-order valence-corrected chi connectivity index (χ2v) is 8.89. The van der Waals surface area contributed by atoms with Gasteiger partial charge in [-0.05, 0) is 30.0 Å². The normalized spacial score (nSPS) is 16.2. The summed E-state index contributed by atoms with van der Waals surface area (Å²) in [5, 5.41) is 17.7. The van der Waals surface area contributed by atoms with E-state index in [9.17, 15) is 19.5 Å². The van der Waals surface area contributed by atoms with Crippen LogP contribution in [0.3, 0.4) is 0 Å². The number of aliphatic carboxylic acids is 1. The second kappa shape index (κ2) is 11.7. The van der Waals surface area contributed by atoms with E-state index in [2.05, 4.69) is 33.0 Å². The first-order valence-corrected chi connectivity index (χ1v) is 11.9. The van der Waals surface area contributed by atoms with Crippen molar-refractivity contribution in [3.8, 4) is 0 Å². The van der Waals surface area contributed by atoms with Gasteiger partial charge in [-0.15, -0.1) is 0 Å². The van der Waals surface area contributed by atoms with Crippen LogP contribution in [0.15, 0.2) is 42.5 Å². The van der Waals surface area contributed by atoms with E-state index in [1.807, 2.05) is 18.2 Å². The van der Waals surface area contributed by atoms with Crippen molar-refractivity contribution in [1.29, 1.82) is 0 Å². The number of carboxylic acid groups (broad SMARTS) is 1. The van der Waals surface area contributed by atoms with Gasteiger partial charge in [0.15, 0.2) is 0 Å². The SMILES string of the molecule is O=C(NC(CNC(=O)C1CN(CCc2ccc3c(n2)NCCC3)C1)C(=O)O)OCc1ccccc1. The third-order valence-corrected chi connectivity index (χ3v) is 6.25. The number of likely N-dealkylation sites (tertiary alicyclic amines) is 1. The number of fused-ring (bicyclic) bond motifs is 1. The Hall–Kier alpha value is -3.66. The highest BCUT2D eigenvalue weighted by Gasteiger charge is 2.33. The van der Waals surface area contributed by atoms with Crippen LogP contribution in [-0.2, 0) is 33.8 Å². The molecule has 1 fully saturated rings. The summed E-state index contributed by atoms with van der Waals surface area (Å²) in [4.78, 5) is 42.8. The summed E-state index contributed by atoms with van der Waals surface area (Å²) in [5.41, 5.74) is 3.08. The van der Waals surface area contributed by atoms with Crippen LogP contribution in [0.2, 0.25) is 0 Å². The van der Waals surface area contributed by atoms with Crippen LogP contribution in [0.1, 0.15) is 23.2 Å². The Morgan fingerprint density at radius 3 is 2.74 bits per heavy atom. The molecule has 2 amide bonds. The van der Waals surface area contributed by atoms with Crippen LogP contribution in [0, 0.1) is 5.92 Å². The number of hydrogen-bond acceptors (Lipinski definition) is 7. The molecule has 4 N–H and O–H groups in total. The van der Waals surface area contributed by atoms with Gasteiger partial charge in [0.25, 0.3) is 0 Å². The first-order valence-electron chi connectivity index (χ1n) is 11.9. The molecule has 2 aromatic rings. The molecule has 1 aromatic carbocycles. The Morgan fingerprint density at radius 2 is 1.97 bits per heavy atom. The summed E-state index contributed by atoms with van der Waals surface area (Å²) in [7, 11) is 0. The monoisotopic (exact) mass is 481 g/mol. The van der Waals surface area contributed by atoms with Gasteiger partial charge in [0.1, 0.15) is 18.5 Å². The molecule has 10 nitrogen and oxygen atoms in total. The molecule has 186 valence electrons. The molecule has 35 heavy (non-hydrogen) atoms. The largest absolute Gasteiger partial charge is 0.480 e. The molecular weight excluding hydrogens is 450 g/mol. The number of ether oxygens (including phenoxy) is 1. The quantitative estimate of drug-likeness (QED) is 0.400. The van der Waals surface area contributed by atoms with Crippen molar-refractivity contribution in [2.75, 3.05) is 38.0 Å². The maximum atomic E-state index is 12.4. The number of amides is 2. The van der Waals surface area contributed by atoms with E-state index in [1.54, 1.807) is 12.1 Å². The highest BCUT2D eigenvalue weighted by atomic mass is 16.5. The van der Waals surface area contributed by atoms with E-state index in [1.165, 1.54) is 5.56 Å². The molecule has 2 aliphatic heterocycles. The number of aromatic nitrogens is 1. The summed E-state index contributed by atoms with van der Waals surface area (Å²) >= 11 is 0. The summed E-state index contributed by atoms with van der Waals surface area (Å²) in [5.74, 6) is -0.680. The fraction of sp³-hybridized carbons (Fsp3) is 0.440. The molecule has 4 rings (SSSR count). The highest BCUT2D eigenvalue weighted by Crippen LogP contribution is 2.21. The van der Waals surface area contributed by atoms with Crippen molar-refractivity contribution in [2.24, 2.45) is 5.92 Å². The molecule has 0 aliphatic carbocycles. The Bertz CT molecular complexity index is 1040. The third kappa shape index (κ3) is 6.92. The fourth-order valence-electron chi connectivity index (χ4n) is 4.15. The number of carbonyl (C=O) groups is 3. The Morgan fingerprint density at radius 1 is 1.17 bits per heavy atom. The third-order valence-electron chi connectivity index (χ3n) is 6.25. The minimum Gasteiger partial charge on any atom is -0.480 e. The van der Waals surface area contributed by atoms with Gasteiger partial charge in [0.05, 0.1) is 5.92 Å². The lowest BCUT2D eigenvalue weighted by Crippen LogP contribution is -2.56. The number of nitrogens with zero attached hydrogens (tertiary/aromatic N) is 2. The molecular formula is C25H31N5O5. The molecule has 0 saturated carbocycles.